The fourth-order valence-corrected chi connectivity index (χ4v) is 5.91. The molecule has 2 aliphatic rings. The van der Waals surface area contributed by atoms with Crippen LogP contribution in [0.25, 0.3) is 6.08 Å². The van der Waals surface area contributed by atoms with Crippen LogP contribution >= 0.6 is 11.3 Å². The number of carboxylic acids is 1. The SMILES string of the molecule is CCC(=Cc1csc(C2(C)COc3cc4c(cc32)C(C)(C)CCC4(C)C)c1)C(=O)O. The van der Waals surface area contributed by atoms with Gasteiger partial charge < -0.3 is 9.84 Å². The lowest BCUT2D eigenvalue weighted by atomic mass is 9.62. The molecular weight excluding hydrogens is 392 g/mol. The number of rotatable bonds is 4. The summed E-state index contributed by atoms with van der Waals surface area (Å²) in [7, 11) is 0. The maximum atomic E-state index is 11.4. The van der Waals surface area contributed by atoms with Gasteiger partial charge in [-0.25, -0.2) is 4.79 Å². The first kappa shape index (κ1) is 21.2. The van der Waals surface area contributed by atoms with Crippen molar-refractivity contribution in [2.75, 3.05) is 6.61 Å². The molecule has 2 aromatic rings. The van der Waals surface area contributed by atoms with E-state index in [0.29, 0.717) is 18.6 Å². The van der Waals surface area contributed by atoms with Crippen LogP contribution in [0, 0.1) is 0 Å². The summed E-state index contributed by atoms with van der Waals surface area (Å²) in [4.78, 5) is 12.6. The molecule has 30 heavy (non-hydrogen) atoms. The lowest BCUT2D eigenvalue weighted by molar-refractivity contribution is -0.132. The molecule has 0 radical (unpaired) electrons. The number of hydrogen-bond acceptors (Lipinski definition) is 3. The highest BCUT2D eigenvalue weighted by molar-refractivity contribution is 7.10. The number of carbonyl (C=O) groups is 1. The van der Waals surface area contributed by atoms with Gasteiger partial charge in [0.15, 0.2) is 0 Å². The quantitative estimate of drug-likeness (QED) is 0.557. The van der Waals surface area contributed by atoms with Gasteiger partial charge in [-0.1, -0.05) is 40.7 Å². The van der Waals surface area contributed by atoms with Crippen LogP contribution < -0.4 is 4.74 Å². The van der Waals surface area contributed by atoms with Crippen LogP contribution in [0.3, 0.4) is 0 Å². The topological polar surface area (TPSA) is 46.5 Å². The van der Waals surface area contributed by atoms with Crippen molar-refractivity contribution in [3.05, 3.63) is 56.3 Å². The van der Waals surface area contributed by atoms with Gasteiger partial charge in [0.05, 0.1) is 5.41 Å². The van der Waals surface area contributed by atoms with Gasteiger partial charge in [0.2, 0.25) is 0 Å². The first-order valence-electron chi connectivity index (χ1n) is 10.8. The number of aliphatic carboxylic acids is 1. The molecule has 0 saturated heterocycles. The average Bonchev–Trinajstić information content (AvgIpc) is 3.28. The third-order valence-electron chi connectivity index (χ3n) is 7.22. The Bertz CT molecular complexity index is 1040. The van der Waals surface area contributed by atoms with Crippen molar-refractivity contribution in [1.82, 2.24) is 0 Å². The average molecular weight is 425 g/mol. The molecule has 0 saturated carbocycles. The molecule has 1 unspecified atom stereocenters. The molecule has 160 valence electrons. The summed E-state index contributed by atoms with van der Waals surface area (Å²) < 4.78 is 6.24. The van der Waals surface area contributed by atoms with Crippen LogP contribution in [0.15, 0.2) is 29.2 Å². The van der Waals surface area contributed by atoms with E-state index < -0.39 is 5.97 Å². The highest BCUT2D eigenvalue weighted by Crippen LogP contribution is 2.52. The van der Waals surface area contributed by atoms with E-state index in [9.17, 15) is 9.90 Å². The number of thiophene rings is 1. The van der Waals surface area contributed by atoms with Crippen LogP contribution in [0.1, 0.15) is 87.9 Å². The maximum Gasteiger partial charge on any atom is 0.331 e. The van der Waals surface area contributed by atoms with E-state index in [0.717, 1.165) is 11.3 Å². The minimum Gasteiger partial charge on any atom is -0.492 e. The van der Waals surface area contributed by atoms with Crippen molar-refractivity contribution in [2.24, 2.45) is 0 Å². The molecule has 3 nitrogen and oxygen atoms in total. The van der Waals surface area contributed by atoms with E-state index >= 15 is 0 Å². The summed E-state index contributed by atoms with van der Waals surface area (Å²) in [5.41, 5.74) is 5.64. The zero-order valence-corrected chi connectivity index (χ0v) is 19.7. The van der Waals surface area contributed by atoms with Gasteiger partial charge in [0, 0.05) is 16.0 Å². The number of fused-ring (bicyclic) bond motifs is 2. The van der Waals surface area contributed by atoms with Crippen molar-refractivity contribution in [1.29, 1.82) is 0 Å². The van der Waals surface area contributed by atoms with Gasteiger partial charge in [-0.05, 0) is 77.3 Å². The Hall–Kier alpha value is -2.07. The van der Waals surface area contributed by atoms with Crippen molar-refractivity contribution in [3.63, 3.8) is 0 Å². The van der Waals surface area contributed by atoms with Crippen molar-refractivity contribution >= 4 is 23.4 Å². The van der Waals surface area contributed by atoms with Gasteiger partial charge in [-0.2, -0.15) is 0 Å². The number of hydrogen-bond donors (Lipinski definition) is 1. The van der Waals surface area contributed by atoms with E-state index in [4.69, 9.17) is 4.74 Å². The summed E-state index contributed by atoms with van der Waals surface area (Å²) in [6.07, 6.45) is 4.68. The second kappa shape index (κ2) is 6.98. The first-order chi connectivity index (χ1) is 14.0. The highest BCUT2D eigenvalue weighted by atomic mass is 32.1. The van der Waals surface area contributed by atoms with Gasteiger partial charge in [-0.3, -0.25) is 0 Å². The lowest BCUT2D eigenvalue weighted by Crippen LogP contribution is -2.34. The summed E-state index contributed by atoms with van der Waals surface area (Å²) >= 11 is 1.69. The number of carboxylic acid groups (broad SMARTS) is 1. The smallest absolute Gasteiger partial charge is 0.331 e. The van der Waals surface area contributed by atoms with E-state index in [1.54, 1.807) is 17.4 Å². The van der Waals surface area contributed by atoms with Crippen molar-refractivity contribution < 1.29 is 14.6 Å². The standard InChI is InChI=1S/C26H32O3S/c1-7-17(23(27)28)10-16-11-22(30-14-16)26(6)15-29-21-13-19-18(12-20(21)26)24(2,3)8-9-25(19,4)5/h10-14H,7-9,15H2,1-6H3,(H,27,28). The zero-order chi connectivity index (χ0) is 21.9. The molecule has 2 heterocycles. The van der Waals surface area contributed by atoms with E-state index in [-0.39, 0.29) is 16.2 Å². The summed E-state index contributed by atoms with van der Waals surface area (Å²) in [6, 6.07) is 6.84. The second-order valence-corrected chi connectivity index (χ2v) is 11.3. The Morgan fingerprint density at radius 2 is 1.70 bits per heavy atom. The molecular formula is C26H32O3S. The molecule has 1 atom stereocenters. The first-order valence-corrected chi connectivity index (χ1v) is 11.7. The molecule has 0 bridgehead atoms. The minimum absolute atomic E-state index is 0.157. The molecule has 0 spiro atoms. The molecule has 1 aliphatic heterocycles. The third kappa shape index (κ3) is 3.30. The molecule has 4 rings (SSSR count). The van der Waals surface area contributed by atoms with Crippen LogP contribution in [-0.4, -0.2) is 17.7 Å². The second-order valence-electron chi connectivity index (χ2n) is 10.4. The van der Waals surface area contributed by atoms with E-state index in [1.807, 2.05) is 6.92 Å². The normalized spacial score (nSPS) is 24.1. The fourth-order valence-electron chi connectivity index (χ4n) is 4.88. The largest absolute Gasteiger partial charge is 0.492 e. The Labute approximate surface area is 183 Å². The van der Waals surface area contributed by atoms with E-state index in [1.165, 1.54) is 34.4 Å². The van der Waals surface area contributed by atoms with Gasteiger partial charge in [0.1, 0.15) is 12.4 Å². The van der Waals surface area contributed by atoms with Crippen LogP contribution in [0.5, 0.6) is 5.75 Å². The molecule has 1 aromatic heterocycles. The summed E-state index contributed by atoms with van der Waals surface area (Å²) in [5, 5.41) is 11.4. The lowest BCUT2D eigenvalue weighted by Gasteiger charge is -2.42. The molecule has 0 amide bonds. The minimum atomic E-state index is -0.845. The monoisotopic (exact) mass is 424 g/mol. The van der Waals surface area contributed by atoms with Crippen LogP contribution in [0.2, 0.25) is 0 Å². The van der Waals surface area contributed by atoms with Gasteiger partial charge in [0.25, 0.3) is 0 Å². The predicted molar refractivity (Wildman–Crippen MR) is 124 cm³/mol. The van der Waals surface area contributed by atoms with E-state index in [2.05, 4.69) is 58.2 Å². The maximum absolute atomic E-state index is 11.4. The Kier molecular flexibility index (Phi) is 4.93. The number of ether oxygens (including phenoxy) is 1. The third-order valence-corrected chi connectivity index (χ3v) is 8.44. The Morgan fingerprint density at radius 3 is 2.30 bits per heavy atom. The molecule has 0 fully saturated rings. The van der Waals surface area contributed by atoms with Gasteiger partial charge in [-0.15, -0.1) is 11.3 Å². The van der Waals surface area contributed by atoms with Crippen molar-refractivity contribution in [3.8, 4) is 5.75 Å². The molecule has 1 aliphatic carbocycles. The number of benzene rings is 1. The van der Waals surface area contributed by atoms with Crippen molar-refractivity contribution in [2.45, 2.75) is 77.0 Å². The fraction of sp³-hybridized carbons (Fsp3) is 0.500. The Balaban J connectivity index is 1.79. The molecule has 1 aromatic carbocycles. The summed E-state index contributed by atoms with van der Waals surface area (Å²) in [6.45, 7) is 14.1. The summed E-state index contributed by atoms with van der Waals surface area (Å²) in [5.74, 6) is 0.162. The molecule has 1 N–H and O–H groups in total. The molecule has 4 heteroatoms. The van der Waals surface area contributed by atoms with Crippen LogP contribution in [-0.2, 0) is 21.0 Å². The zero-order valence-electron chi connectivity index (χ0n) is 18.9. The Morgan fingerprint density at radius 1 is 1.07 bits per heavy atom. The predicted octanol–water partition coefficient (Wildman–Crippen LogP) is 6.67. The van der Waals surface area contributed by atoms with Gasteiger partial charge >= 0.3 is 5.97 Å². The highest BCUT2D eigenvalue weighted by Gasteiger charge is 2.44. The van der Waals surface area contributed by atoms with Crippen LogP contribution in [0.4, 0.5) is 0 Å².